The Morgan fingerprint density at radius 3 is 2.64 bits per heavy atom. The number of nitrogens with zero attached hydrogens (tertiary/aromatic N) is 2. The van der Waals surface area contributed by atoms with Gasteiger partial charge in [0, 0.05) is 0 Å². The fourth-order valence-corrected chi connectivity index (χ4v) is 1.81. The molecule has 2 aromatic rings. The topological polar surface area (TPSA) is 42.9 Å². The Kier molecular flexibility index (Phi) is 2.37. The van der Waals surface area contributed by atoms with Crippen LogP contribution in [-0.2, 0) is 0 Å². The lowest BCUT2D eigenvalue weighted by Gasteiger charge is -1.97. The van der Waals surface area contributed by atoms with Gasteiger partial charge in [0.2, 0.25) is 0 Å². The molecule has 0 radical (unpaired) electrons. The van der Waals surface area contributed by atoms with Crippen molar-refractivity contribution in [2.45, 2.75) is 6.92 Å². The number of aryl methyl sites for hydroxylation is 1. The molecule has 0 fully saturated rings. The monoisotopic (exact) mass is 204 g/mol. The minimum Gasteiger partial charge on any atom is -0.296 e. The van der Waals surface area contributed by atoms with E-state index in [0.29, 0.717) is 5.69 Å². The lowest BCUT2D eigenvalue weighted by Crippen LogP contribution is -1.83. The van der Waals surface area contributed by atoms with Crippen LogP contribution in [0.3, 0.4) is 0 Å². The zero-order valence-corrected chi connectivity index (χ0v) is 8.41. The van der Waals surface area contributed by atoms with Gasteiger partial charge < -0.3 is 0 Å². The minimum absolute atomic E-state index is 0.416. The Labute approximate surface area is 85.6 Å². The van der Waals surface area contributed by atoms with E-state index in [1.807, 2.05) is 31.2 Å². The van der Waals surface area contributed by atoms with Crippen molar-refractivity contribution in [1.29, 1.82) is 0 Å². The molecule has 0 saturated heterocycles. The SMILES string of the molecule is Cc1ccc(-c2snnc2C=O)cc1. The molecule has 70 valence electrons. The molecule has 0 saturated carbocycles. The molecule has 0 unspecified atom stereocenters. The molecule has 0 aliphatic heterocycles. The average molecular weight is 204 g/mol. The molecular formula is C10H8N2OS. The molecule has 0 N–H and O–H groups in total. The smallest absolute Gasteiger partial charge is 0.171 e. The summed E-state index contributed by atoms with van der Waals surface area (Å²) in [4.78, 5) is 11.5. The second-order valence-corrected chi connectivity index (χ2v) is 3.73. The number of hydrogen-bond acceptors (Lipinski definition) is 4. The highest BCUT2D eigenvalue weighted by atomic mass is 32.1. The Morgan fingerprint density at radius 1 is 1.29 bits per heavy atom. The van der Waals surface area contributed by atoms with Crippen molar-refractivity contribution in [3.05, 3.63) is 35.5 Å². The van der Waals surface area contributed by atoms with E-state index in [-0.39, 0.29) is 0 Å². The fourth-order valence-electron chi connectivity index (χ4n) is 1.18. The van der Waals surface area contributed by atoms with Crippen molar-refractivity contribution in [2.24, 2.45) is 0 Å². The molecule has 4 heteroatoms. The minimum atomic E-state index is 0.416. The van der Waals surface area contributed by atoms with E-state index in [4.69, 9.17) is 0 Å². The summed E-state index contributed by atoms with van der Waals surface area (Å²) in [5.74, 6) is 0. The predicted molar refractivity (Wildman–Crippen MR) is 55.5 cm³/mol. The van der Waals surface area contributed by atoms with E-state index in [0.717, 1.165) is 16.7 Å². The van der Waals surface area contributed by atoms with Gasteiger partial charge in [0.1, 0.15) is 5.69 Å². The van der Waals surface area contributed by atoms with E-state index >= 15 is 0 Å². The molecule has 1 heterocycles. The van der Waals surface area contributed by atoms with Crippen molar-refractivity contribution >= 4 is 17.8 Å². The van der Waals surface area contributed by atoms with Gasteiger partial charge in [0.15, 0.2) is 6.29 Å². The summed E-state index contributed by atoms with van der Waals surface area (Å²) in [5, 5.41) is 3.73. The normalized spacial score (nSPS) is 10.1. The Hall–Kier alpha value is -1.55. The standard InChI is InChI=1S/C10H8N2OS/c1-7-2-4-8(5-3-7)10-9(6-13)11-12-14-10/h2-6H,1H3. The molecule has 0 spiro atoms. The zero-order valence-electron chi connectivity index (χ0n) is 7.60. The zero-order chi connectivity index (χ0) is 9.97. The van der Waals surface area contributed by atoms with Gasteiger partial charge in [-0.1, -0.05) is 34.3 Å². The number of carbonyl (C=O) groups is 1. The van der Waals surface area contributed by atoms with E-state index in [1.54, 1.807) is 0 Å². The van der Waals surface area contributed by atoms with Crippen molar-refractivity contribution in [1.82, 2.24) is 9.59 Å². The first-order valence-electron chi connectivity index (χ1n) is 4.16. The van der Waals surface area contributed by atoms with Gasteiger partial charge in [-0.2, -0.15) is 0 Å². The van der Waals surface area contributed by atoms with Crippen molar-refractivity contribution in [3.8, 4) is 10.4 Å². The molecule has 0 amide bonds. The van der Waals surface area contributed by atoms with Crippen LogP contribution in [0.5, 0.6) is 0 Å². The molecule has 3 nitrogen and oxygen atoms in total. The first kappa shape index (κ1) is 9.02. The van der Waals surface area contributed by atoms with Crippen LogP contribution in [0.25, 0.3) is 10.4 Å². The van der Waals surface area contributed by atoms with Gasteiger partial charge in [-0.15, -0.1) is 5.10 Å². The maximum absolute atomic E-state index is 10.6. The summed E-state index contributed by atoms with van der Waals surface area (Å²) in [6.07, 6.45) is 0.735. The third-order valence-electron chi connectivity index (χ3n) is 1.94. The van der Waals surface area contributed by atoms with Gasteiger partial charge in [-0.3, -0.25) is 4.79 Å². The lowest BCUT2D eigenvalue weighted by atomic mass is 10.1. The number of carbonyl (C=O) groups excluding carboxylic acids is 1. The highest BCUT2D eigenvalue weighted by Crippen LogP contribution is 2.24. The number of benzene rings is 1. The number of rotatable bonds is 2. The van der Waals surface area contributed by atoms with Crippen LogP contribution < -0.4 is 0 Å². The summed E-state index contributed by atoms with van der Waals surface area (Å²) in [7, 11) is 0. The van der Waals surface area contributed by atoms with Gasteiger partial charge in [0.25, 0.3) is 0 Å². The number of aromatic nitrogens is 2. The Bertz CT molecular complexity index is 447. The van der Waals surface area contributed by atoms with Crippen LogP contribution in [0.2, 0.25) is 0 Å². The van der Waals surface area contributed by atoms with Crippen LogP contribution in [0.1, 0.15) is 16.1 Å². The largest absolute Gasteiger partial charge is 0.296 e. The number of hydrogen-bond donors (Lipinski definition) is 0. The van der Waals surface area contributed by atoms with Gasteiger partial charge in [0.05, 0.1) is 4.88 Å². The van der Waals surface area contributed by atoms with Gasteiger partial charge >= 0.3 is 0 Å². The van der Waals surface area contributed by atoms with Gasteiger partial charge in [-0.05, 0) is 24.0 Å². The third kappa shape index (κ3) is 1.56. The van der Waals surface area contributed by atoms with Crippen LogP contribution in [0, 0.1) is 6.92 Å². The van der Waals surface area contributed by atoms with E-state index < -0.39 is 0 Å². The maximum Gasteiger partial charge on any atom is 0.171 e. The highest BCUT2D eigenvalue weighted by Gasteiger charge is 2.08. The first-order valence-corrected chi connectivity index (χ1v) is 4.93. The Morgan fingerprint density at radius 2 is 2.00 bits per heavy atom. The molecular weight excluding hydrogens is 196 g/mol. The summed E-state index contributed by atoms with van der Waals surface area (Å²) >= 11 is 1.24. The molecule has 14 heavy (non-hydrogen) atoms. The van der Waals surface area contributed by atoms with E-state index in [2.05, 4.69) is 9.59 Å². The van der Waals surface area contributed by atoms with E-state index in [9.17, 15) is 4.79 Å². The average Bonchev–Trinajstić information content (AvgIpc) is 2.67. The van der Waals surface area contributed by atoms with Crippen LogP contribution >= 0.6 is 11.5 Å². The number of aldehydes is 1. The molecule has 0 aliphatic rings. The fraction of sp³-hybridized carbons (Fsp3) is 0.100. The van der Waals surface area contributed by atoms with E-state index in [1.165, 1.54) is 17.1 Å². The molecule has 0 bridgehead atoms. The van der Waals surface area contributed by atoms with Crippen molar-refractivity contribution in [3.63, 3.8) is 0 Å². The summed E-state index contributed by atoms with van der Waals surface area (Å²) in [5.41, 5.74) is 2.60. The summed E-state index contributed by atoms with van der Waals surface area (Å²) < 4.78 is 3.75. The van der Waals surface area contributed by atoms with Crippen LogP contribution in [0.4, 0.5) is 0 Å². The van der Waals surface area contributed by atoms with Crippen LogP contribution in [-0.4, -0.2) is 15.9 Å². The maximum atomic E-state index is 10.6. The summed E-state index contributed by atoms with van der Waals surface area (Å²) in [6, 6.07) is 7.95. The van der Waals surface area contributed by atoms with Gasteiger partial charge in [-0.25, -0.2) is 0 Å². The quantitative estimate of drug-likeness (QED) is 0.705. The molecule has 1 aromatic carbocycles. The molecule has 1 aromatic heterocycles. The molecule has 0 aliphatic carbocycles. The summed E-state index contributed by atoms with van der Waals surface area (Å²) in [6.45, 7) is 2.02. The van der Waals surface area contributed by atoms with Crippen LogP contribution in [0.15, 0.2) is 24.3 Å². The molecule has 0 atom stereocenters. The predicted octanol–water partition coefficient (Wildman–Crippen LogP) is 2.33. The second kappa shape index (κ2) is 3.67. The third-order valence-corrected chi connectivity index (χ3v) is 2.73. The Balaban J connectivity index is 2.49. The first-order chi connectivity index (χ1) is 6.81. The van der Waals surface area contributed by atoms with Crippen molar-refractivity contribution in [2.75, 3.05) is 0 Å². The van der Waals surface area contributed by atoms with Crippen molar-refractivity contribution < 1.29 is 4.79 Å². The highest BCUT2D eigenvalue weighted by molar-refractivity contribution is 7.09. The second-order valence-electron chi connectivity index (χ2n) is 2.97. The lowest BCUT2D eigenvalue weighted by molar-refractivity contribution is 0.111. The molecule has 2 rings (SSSR count).